The van der Waals surface area contributed by atoms with E-state index in [0.717, 1.165) is 19.6 Å². The lowest BCUT2D eigenvalue weighted by Gasteiger charge is -2.20. The topological polar surface area (TPSA) is 15.3 Å². The lowest BCUT2D eigenvalue weighted by atomic mass is 10.1. The van der Waals surface area contributed by atoms with Crippen molar-refractivity contribution >= 4 is 0 Å². The Morgan fingerprint density at radius 1 is 1.25 bits per heavy atom. The maximum atomic E-state index is 3.54. The molecule has 2 nitrogen and oxygen atoms in total. The maximum Gasteiger partial charge on any atom is 0.0208 e. The summed E-state index contributed by atoms with van der Waals surface area (Å²) in [6.45, 7) is 9.71. The van der Waals surface area contributed by atoms with Crippen molar-refractivity contribution in [1.82, 2.24) is 10.2 Å². The summed E-state index contributed by atoms with van der Waals surface area (Å²) in [5, 5.41) is 3.54. The Morgan fingerprint density at radius 3 is 2.44 bits per heavy atom. The smallest absolute Gasteiger partial charge is 0.0208 e. The van der Waals surface area contributed by atoms with E-state index in [1.165, 1.54) is 11.1 Å². The van der Waals surface area contributed by atoms with Gasteiger partial charge in [0.15, 0.2) is 0 Å². The van der Waals surface area contributed by atoms with Gasteiger partial charge in [-0.15, -0.1) is 0 Å². The number of rotatable bonds is 6. The van der Waals surface area contributed by atoms with Gasteiger partial charge in [0.05, 0.1) is 0 Å². The van der Waals surface area contributed by atoms with E-state index >= 15 is 0 Å². The summed E-state index contributed by atoms with van der Waals surface area (Å²) < 4.78 is 0. The molecule has 0 saturated carbocycles. The van der Waals surface area contributed by atoms with Crippen LogP contribution >= 0.6 is 0 Å². The highest BCUT2D eigenvalue weighted by Gasteiger charge is 2.03. The van der Waals surface area contributed by atoms with Gasteiger partial charge in [0, 0.05) is 19.1 Å². The molecule has 90 valence electrons. The molecular formula is C14H24N2. The first-order valence-corrected chi connectivity index (χ1v) is 6.09. The van der Waals surface area contributed by atoms with Gasteiger partial charge in [-0.3, -0.25) is 0 Å². The molecule has 1 rings (SSSR count). The van der Waals surface area contributed by atoms with E-state index in [9.17, 15) is 0 Å². The molecule has 0 spiro atoms. The van der Waals surface area contributed by atoms with Gasteiger partial charge in [-0.2, -0.15) is 0 Å². The molecule has 0 saturated heterocycles. The molecule has 0 aromatic heterocycles. The molecule has 1 unspecified atom stereocenters. The number of hydrogen-bond acceptors (Lipinski definition) is 2. The second-order valence-corrected chi connectivity index (χ2v) is 4.62. The molecule has 1 aromatic rings. The van der Waals surface area contributed by atoms with Crippen molar-refractivity contribution in [2.45, 2.75) is 33.4 Å². The first kappa shape index (κ1) is 13.2. The summed E-state index contributed by atoms with van der Waals surface area (Å²) in [6, 6.07) is 9.25. The van der Waals surface area contributed by atoms with Crippen LogP contribution in [0.15, 0.2) is 24.3 Å². The van der Waals surface area contributed by atoms with Crippen LogP contribution < -0.4 is 5.32 Å². The molecule has 1 atom stereocenters. The zero-order valence-electron chi connectivity index (χ0n) is 11.0. The van der Waals surface area contributed by atoms with Crippen LogP contribution in [-0.4, -0.2) is 31.1 Å². The number of likely N-dealkylation sites (N-methyl/N-ethyl adjacent to an activating group) is 1. The Bertz CT molecular complexity index is 292. The average molecular weight is 220 g/mol. The van der Waals surface area contributed by atoms with Gasteiger partial charge >= 0.3 is 0 Å². The Morgan fingerprint density at radius 2 is 1.88 bits per heavy atom. The minimum absolute atomic E-state index is 0.534. The number of nitrogens with one attached hydrogen (secondary N) is 1. The summed E-state index contributed by atoms with van der Waals surface area (Å²) in [5.74, 6) is 0. The van der Waals surface area contributed by atoms with Crippen LogP contribution in [0.5, 0.6) is 0 Å². The lowest BCUT2D eigenvalue weighted by Crippen LogP contribution is -2.36. The first-order chi connectivity index (χ1) is 7.61. The molecule has 2 heteroatoms. The van der Waals surface area contributed by atoms with Crippen molar-refractivity contribution in [3.8, 4) is 0 Å². The van der Waals surface area contributed by atoms with E-state index in [0.29, 0.717) is 6.04 Å². The first-order valence-electron chi connectivity index (χ1n) is 6.09. The molecule has 0 fully saturated rings. The third kappa shape index (κ3) is 4.77. The summed E-state index contributed by atoms with van der Waals surface area (Å²) >= 11 is 0. The Hall–Kier alpha value is -0.860. The van der Waals surface area contributed by atoms with Gasteiger partial charge in [0.1, 0.15) is 0 Å². The molecule has 1 aromatic carbocycles. The normalized spacial score (nSPS) is 13.1. The van der Waals surface area contributed by atoms with Crippen molar-refractivity contribution in [1.29, 1.82) is 0 Å². The molecule has 0 aliphatic rings. The zero-order valence-corrected chi connectivity index (χ0v) is 11.0. The second-order valence-electron chi connectivity index (χ2n) is 4.62. The summed E-state index contributed by atoms with van der Waals surface area (Å²) in [6.07, 6.45) is 0. The fourth-order valence-electron chi connectivity index (χ4n) is 1.66. The zero-order chi connectivity index (χ0) is 12.0. The molecule has 0 radical (unpaired) electrons. The molecule has 0 heterocycles. The standard InChI is InChI=1S/C14H24N2/c1-5-16(4)11-13(3)15-10-14-8-6-12(2)7-9-14/h6-9,13,15H,5,10-11H2,1-4H3. The summed E-state index contributed by atoms with van der Waals surface area (Å²) in [7, 11) is 2.16. The molecule has 0 amide bonds. The van der Waals surface area contributed by atoms with Crippen LogP contribution in [0.3, 0.4) is 0 Å². The molecule has 16 heavy (non-hydrogen) atoms. The quantitative estimate of drug-likeness (QED) is 0.792. The van der Waals surface area contributed by atoms with Gasteiger partial charge in [0.25, 0.3) is 0 Å². The van der Waals surface area contributed by atoms with Gasteiger partial charge < -0.3 is 10.2 Å². The summed E-state index contributed by atoms with van der Waals surface area (Å²) in [5.41, 5.74) is 2.68. The van der Waals surface area contributed by atoms with E-state index in [4.69, 9.17) is 0 Å². The Labute approximate surface area is 99.7 Å². The monoisotopic (exact) mass is 220 g/mol. The van der Waals surface area contributed by atoms with E-state index in [2.05, 4.69) is 62.3 Å². The number of nitrogens with zero attached hydrogens (tertiary/aromatic N) is 1. The lowest BCUT2D eigenvalue weighted by molar-refractivity contribution is 0.309. The van der Waals surface area contributed by atoms with Gasteiger partial charge in [-0.25, -0.2) is 0 Å². The van der Waals surface area contributed by atoms with E-state index in [-0.39, 0.29) is 0 Å². The third-order valence-corrected chi connectivity index (χ3v) is 2.90. The third-order valence-electron chi connectivity index (χ3n) is 2.90. The van der Waals surface area contributed by atoms with E-state index < -0.39 is 0 Å². The molecule has 0 aliphatic heterocycles. The van der Waals surface area contributed by atoms with Crippen molar-refractivity contribution < 1.29 is 0 Å². The minimum Gasteiger partial charge on any atom is -0.309 e. The van der Waals surface area contributed by atoms with Crippen LogP contribution in [0, 0.1) is 6.92 Å². The SMILES string of the molecule is CCN(C)CC(C)NCc1ccc(C)cc1. The predicted octanol–water partition coefficient (Wildman–Crippen LogP) is 2.42. The van der Waals surface area contributed by atoms with Crippen molar-refractivity contribution in [3.63, 3.8) is 0 Å². The molecule has 0 aliphatic carbocycles. The summed E-state index contributed by atoms with van der Waals surface area (Å²) in [4.78, 5) is 2.33. The van der Waals surface area contributed by atoms with Crippen LogP contribution in [0.2, 0.25) is 0 Å². The van der Waals surface area contributed by atoms with Crippen molar-refractivity contribution in [3.05, 3.63) is 35.4 Å². The highest BCUT2D eigenvalue weighted by molar-refractivity contribution is 5.21. The average Bonchev–Trinajstić information content (AvgIpc) is 2.28. The largest absolute Gasteiger partial charge is 0.309 e. The van der Waals surface area contributed by atoms with Crippen LogP contribution in [0.25, 0.3) is 0 Å². The Kier molecular flexibility index (Phi) is 5.50. The minimum atomic E-state index is 0.534. The fourth-order valence-corrected chi connectivity index (χ4v) is 1.66. The van der Waals surface area contributed by atoms with E-state index in [1.807, 2.05) is 0 Å². The van der Waals surface area contributed by atoms with Gasteiger partial charge in [0.2, 0.25) is 0 Å². The highest BCUT2D eigenvalue weighted by atomic mass is 15.1. The van der Waals surface area contributed by atoms with Crippen LogP contribution in [0.4, 0.5) is 0 Å². The molecular weight excluding hydrogens is 196 g/mol. The predicted molar refractivity (Wildman–Crippen MR) is 70.7 cm³/mol. The van der Waals surface area contributed by atoms with E-state index in [1.54, 1.807) is 0 Å². The fraction of sp³-hybridized carbons (Fsp3) is 0.571. The van der Waals surface area contributed by atoms with Crippen LogP contribution in [0.1, 0.15) is 25.0 Å². The second kappa shape index (κ2) is 6.66. The van der Waals surface area contributed by atoms with Crippen molar-refractivity contribution in [2.24, 2.45) is 0 Å². The number of benzene rings is 1. The number of aryl methyl sites for hydroxylation is 1. The van der Waals surface area contributed by atoms with Crippen molar-refractivity contribution in [2.75, 3.05) is 20.1 Å². The van der Waals surface area contributed by atoms with Gasteiger partial charge in [-0.05, 0) is 33.0 Å². The maximum absolute atomic E-state index is 3.54. The number of hydrogen-bond donors (Lipinski definition) is 1. The molecule has 0 bridgehead atoms. The van der Waals surface area contributed by atoms with Gasteiger partial charge in [-0.1, -0.05) is 36.8 Å². The molecule has 1 N–H and O–H groups in total. The van der Waals surface area contributed by atoms with Crippen LogP contribution in [-0.2, 0) is 6.54 Å². The Balaban J connectivity index is 2.31. The highest BCUT2D eigenvalue weighted by Crippen LogP contribution is 2.03.